The number of hydrogen-bond donors (Lipinski definition) is 1. The Hall–Kier alpha value is -3.85. The molecule has 6 nitrogen and oxygen atoms in total. The Morgan fingerprint density at radius 3 is 2.60 bits per heavy atom. The lowest BCUT2D eigenvalue weighted by Crippen LogP contribution is -2.13. The van der Waals surface area contributed by atoms with Crippen molar-refractivity contribution in [3.63, 3.8) is 0 Å². The van der Waals surface area contributed by atoms with Gasteiger partial charge in [0.25, 0.3) is 5.91 Å². The van der Waals surface area contributed by atoms with Gasteiger partial charge in [-0.1, -0.05) is 35.9 Å². The van der Waals surface area contributed by atoms with Gasteiger partial charge in [-0.25, -0.2) is 0 Å². The smallest absolute Gasteiger partial charge is 0.266 e. The number of nitrogens with one attached hydrogen (secondary N) is 1. The summed E-state index contributed by atoms with van der Waals surface area (Å²) in [6, 6.07) is 17.3. The van der Waals surface area contributed by atoms with Crippen LogP contribution in [0.1, 0.15) is 28.1 Å². The maximum Gasteiger partial charge on any atom is 0.266 e. The van der Waals surface area contributed by atoms with Crippen LogP contribution in [0.4, 0.5) is 5.69 Å². The summed E-state index contributed by atoms with van der Waals surface area (Å²) in [5.41, 5.74) is 5.35. The highest BCUT2D eigenvalue weighted by molar-refractivity contribution is 6.09. The molecule has 0 fully saturated rings. The number of methoxy groups -OCH3 is 1. The number of rotatable bonds is 6. The molecular weight excluding hydrogens is 376 g/mol. The van der Waals surface area contributed by atoms with E-state index in [1.807, 2.05) is 24.6 Å². The maximum atomic E-state index is 12.6. The number of carbonyl (C=O) groups excluding carboxylic acids is 1. The van der Waals surface area contributed by atoms with E-state index in [0.29, 0.717) is 18.0 Å². The average Bonchev–Trinajstić information content (AvgIpc) is 3.00. The predicted octanol–water partition coefficient (Wildman–Crippen LogP) is 4.41. The van der Waals surface area contributed by atoms with Gasteiger partial charge in [0, 0.05) is 23.0 Å². The lowest BCUT2D eigenvalue weighted by atomic mass is 10.1. The molecule has 1 aromatic heterocycles. The molecule has 0 unspecified atom stereocenters. The minimum Gasteiger partial charge on any atom is -0.497 e. The van der Waals surface area contributed by atoms with Crippen LogP contribution in [0.15, 0.2) is 54.1 Å². The lowest BCUT2D eigenvalue weighted by molar-refractivity contribution is -0.112. The SMILES string of the molecule is COc1cccc(NC(=O)/C(C#N)=C/c2c(C)nn(Cc3ccc(C)cc3)c2C)c1. The summed E-state index contributed by atoms with van der Waals surface area (Å²) >= 11 is 0. The second kappa shape index (κ2) is 9.10. The van der Waals surface area contributed by atoms with Crippen LogP contribution in [0.3, 0.4) is 0 Å². The van der Waals surface area contributed by atoms with Crippen LogP contribution in [0, 0.1) is 32.1 Å². The zero-order valence-corrected chi connectivity index (χ0v) is 17.6. The van der Waals surface area contributed by atoms with Crippen LogP contribution in [0.5, 0.6) is 5.75 Å². The number of anilines is 1. The van der Waals surface area contributed by atoms with Crippen LogP contribution in [0.2, 0.25) is 0 Å². The lowest BCUT2D eigenvalue weighted by Gasteiger charge is -2.07. The average molecular weight is 400 g/mol. The normalized spacial score (nSPS) is 11.1. The maximum absolute atomic E-state index is 12.6. The molecule has 1 heterocycles. The molecule has 0 aliphatic carbocycles. The molecule has 0 atom stereocenters. The fourth-order valence-electron chi connectivity index (χ4n) is 3.13. The second-order valence-electron chi connectivity index (χ2n) is 7.08. The molecule has 1 N–H and O–H groups in total. The Morgan fingerprint density at radius 1 is 1.20 bits per heavy atom. The first-order valence-corrected chi connectivity index (χ1v) is 9.58. The van der Waals surface area contributed by atoms with Gasteiger partial charge in [0.2, 0.25) is 0 Å². The van der Waals surface area contributed by atoms with Crippen molar-refractivity contribution in [2.45, 2.75) is 27.3 Å². The summed E-state index contributed by atoms with van der Waals surface area (Å²) < 4.78 is 7.06. The number of amides is 1. The molecule has 6 heteroatoms. The van der Waals surface area contributed by atoms with Gasteiger partial charge in [-0.05, 0) is 44.5 Å². The van der Waals surface area contributed by atoms with Gasteiger partial charge in [-0.15, -0.1) is 0 Å². The summed E-state index contributed by atoms with van der Waals surface area (Å²) in [6.07, 6.45) is 1.60. The summed E-state index contributed by atoms with van der Waals surface area (Å²) in [7, 11) is 1.56. The van der Waals surface area contributed by atoms with Crippen LogP contribution in [-0.2, 0) is 11.3 Å². The third-order valence-corrected chi connectivity index (χ3v) is 4.87. The molecule has 2 aromatic carbocycles. The Bertz CT molecular complexity index is 1140. The number of nitrogens with zero attached hydrogens (tertiary/aromatic N) is 3. The third-order valence-electron chi connectivity index (χ3n) is 4.87. The van der Waals surface area contributed by atoms with E-state index in [-0.39, 0.29) is 5.57 Å². The van der Waals surface area contributed by atoms with Crippen molar-refractivity contribution in [3.05, 3.63) is 82.2 Å². The topological polar surface area (TPSA) is 79.9 Å². The molecular formula is C24H24N4O2. The van der Waals surface area contributed by atoms with Crippen molar-refractivity contribution in [2.24, 2.45) is 0 Å². The van der Waals surface area contributed by atoms with Crippen LogP contribution in [0.25, 0.3) is 6.08 Å². The first-order chi connectivity index (χ1) is 14.4. The van der Waals surface area contributed by atoms with Crippen molar-refractivity contribution in [3.8, 4) is 11.8 Å². The van der Waals surface area contributed by atoms with Crippen LogP contribution >= 0.6 is 0 Å². The Balaban J connectivity index is 1.84. The number of aromatic nitrogens is 2. The molecule has 0 bridgehead atoms. The molecule has 0 radical (unpaired) electrons. The number of ether oxygens (including phenoxy) is 1. The zero-order chi connectivity index (χ0) is 21.7. The van der Waals surface area contributed by atoms with Gasteiger partial charge in [0.1, 0.15) is 17.4 Å². The first kappa shape index (κ1) is 20.9. The molecule has 30 heavy (non-hydrogen) atoms. The highest BCUT2D eigenvalue weighted by Gasteiger charge is 2.15. The van der Waals surface area contributed by atoms with Crippen molar-refractivity contribution < 1.29 is 9.53 Å². The van der Waals surface area contributed by atoms with E-state index in [2.05, 4.69) is 41.6 Å². The Kier molecular flexibility index (Phi) is 6.33. The van der Waals surface area contributed by atoms with Crippen molar-refractivity contribution >= 4 is 17.7 Å². The molecule has 0 spiro atoms. The fraction of sp³-hybridized carbons (Fsp3) is 0.208. The van der Waals surface area contributed by atoms with E-state index in [4.69, 9.17) is 4.74 Å². The van der Waals surface area contributed by atoms with E-state index in [1.165, 1.54) is 5.56 Å². The Morgan fingerprint density at radius 2 is 1.93 bits per heavy atom. The minimum atomic E-state index is -0.476. The number of aryl methyl sites for hydroxylation is 2. The van der Waals surface area contributed by atoms with Gasteiger partial charge in [0.15, 0.2) is 0 Å². The fourth-order valence-corrected chi connectivity index (χ4v) is 3.13. The summed E-state index contributed by atoms with van der Waals surface area (Å²) in [4.78, 5) is 12.6. The summed E-state index contributed by atoms with van der Waals surface area (Å²) in [6.45, 7) is 6.49. The predicted molar refractivity (Wildman–Crippen MR) is 117 cm³/mol. The molecule has 0 aliphatic rings. The van der Waals surface area contributed by atoms with Crippen LogP contribution in [-0.4, -0.2) is 22.8 Å². The van der Waals surface area contributed by atoms with Gasteiger partial charge in [-0.2, -0.15) is 10.4 Å². The zero-order valence-electron chi connectivity index (χ0n) is 17.6. The molecule has 3 rings (SSSR count). The number of hydrogen-bond acceptors (Lipinski definition) is 4. The molecule has 152 valence electrons. The van der Waals surface area contributed by atoms with E-state index >= 15 is 0 Å². The van der Waals surface area contributed by atoms with Gasteiger partial charge < -0.3 is 10.1 Å². The van der Waals surface area contributed by atoms with Crippen molar-refractivity contribution in [1.29, 1.82) is 5.26 Å². The molecule has 3 aromatic rings. The number of benzene rings is 2. The molecule has 0 saturated carbocycles. The van der Waals surface area contributed by atoms with Crippen molar-refractivity contribution in [1.82, 2.24) is 9.78 Å². The minimum absolute atomic E-state index is 0.0129. The highest BCUT2D eigenvalue weighted by Crippen LogP contribution is 2.21. The quantitative estimate of drug-likeness (QED) is 0.491. The van der Waals surface area contributed by atoms with Crippen LogP contribution < -0.4 is 10.1 Å². The van der Waals surface area contributed by atoms with Gasteiger partial charge in [0.05, 0.1) is 19.3 Å². The van der Waals surface area contributed by atoms with Gasteiger partial charge >= 0.3 is 0 Å². The van der Waals surface area contributed by atoms with E-state index in [0.717, 1.165) is 22.5 Å². The number of carbonyl (C=O) groups is 1. The standard InChI is InChI=1S/C24H24N4O2/c1-16-8-10-19(11-9-16)15-28-18(3)23(17(2)27-28)12-20(14-25)24(29)26-21-6-5-7-22(13-21)30-4/h5-13H,15H2,1-4H3,(H,26,29)/b20-12+. The molecule has 1 amide bonds. The van der Waals surface area contributed by atoms with E-state index in [9.17, 15) is 10.1 Å². The largest absolute Gasteiger partial charge is 0.497 e. The van der Waals surface area contributed by atoms with E-state index in [1.54, 1.807) is 37.5 Å². The van der Waals surface area contributed by atoms with Gasteiger partial charge in [-0.3, -0.25) is 9.48 Å². The summed E-state index contributed by atoms with van der Waals surface area (Å²) in [5, 5.41) is 16.9. The highest BCUT2D eigenvalue weighted by atomic mass is 16.5. The van der Waals surface area contributed by atoms with E-state index < -0.39 is 5.91 Å². The molecule has 0 saturated heterocycles. The Labute approximate surface area is 176 Å². The molecule has 0 aliphatic heterocycles. The first-order valence-electron chi connectivity index (χ1n) is 9.58. The van der Waals surface area contributed by atoms with Crippen molar-refractivity contribution in [2.75, 3.05) is 12.4 Å². The number of nitriles is 1. The third kappa shape index (κ3) is 4.76. The monoisotopic (exact) mass is 400 g/mol. The second-order valence-corrected chi connectivity index (χ2v) is 7.08. The summed E-state index contributed by atoms with van der Waals surface area (Å²) in [5.74, 6) is 0.148.